The predicted octanol–water partition coefficient (Wildman–Crippen LogP) is 3.66. The first-order valence-corrected chi connectivity index (χ1v) is 9.74. The number of carbonyl (C=O) groups is 2. The zero-order valence-corrected chi connectivity index (χ0v) is 16.3. The molecule has 1 saturated heterocycles. The summed E-state index contributed by atoms with van der Waals surface area (Å²) in [6, 6.07) is 13.9. The van der Waals surface area contributed by atoms with Crippen molar-refractivity contribution in [3.8, 4) is 0 Å². The number of hydrogen-bond acceptors (Lipinski definition) is 3. The lowest BCUT2D eigenvalue weighted by atomic mass is 9.74. The van der Waals surface area contributed by atoms with Crippen molar-refractivity contribution < 1.29 is 18.7 Å². The van der Waals surface area contributed by atoms with Crippen LogP contribution in [0.5, 0.6) is 0 Å². The van der Waals surface area contributed by atoms with Gasteiger partial charge in [0.2, 0.25) is 0 Å². The van der Waals surface area contributed by atoms with Gasteiger partial charge < -0.3 is 15.0 Å². The number of amides is 1. The second-order valence-corrected chi connectivity index (χ2v) is 7.59. The lowest BCUT2D eigenvalue weighted by Crippen LogP contribution is -2.46. The normalized spacial score (nSPS) is 15.9. The van der Waals surface area contributed by atoms with Crippen LogP contribution in [0.25, 0.3) is 10.9 Å². The Morgan fingerprint density at radius 2 is 1.90 bits per heavy atom. The van der Waals surface area contributed by atoms with E-state index in [1.807, 2.05) is 30.3 Å². The number of para-hydroxylation sites is 1. The van der Waals surface area contributed by atoms with Gasteiger partial charge in [-0.3, -0.25) is 9.59 Å². The maximum Gasteiger partial charge on any atom is 0.292 e. The number of ketones is 1. The number of hydrogen-bond donors (Lipinski definition) is 2. The molecule has 0 spiro atoms. The fraction of sp³-hybridized carbons (Fsp3) is 0.304. The molecule has 150 valence electrons. The van der Waals surface area contributed by atoms with E-state index in [-0.39, 0.29) is 12.4 Å². The first kappa shape index (κ1) is 19.3. The quantitative estimate of drug-likeness (QED) is 0.512. The molecule has 2 aromatic carbocycles. The molecule has 6 heteroatoms. The molecule has 0 atom stereocenters. The zero-order valence-electron chi connectivity index (χ0n) is 16.3. The number of aromatic nitrogens is 1. The Labute approximate surface area is 168 Å². The molecule has 1 aliphatic rings. The van der Waals surface area contributed by atoms with Crippen LogP contribution in [-0.2, 0) is 14.9 Å². The van der Waals surface area contributed by atoms with Gasteiger partial charge in [-0.2, -0.15) is 0 Å². The minimum Gasteiger partial charge on any atom is -0.381 e. The second-order valence-electron chi connectivity index (χ2n) is 7.59. The summed E-state index contributed by atoms with van der Waals surface area (Å²) < 4.78 is 19.3. The minimum absolute atomic E-state index is 0.256. The van der Waals surface area contributed by atoms with Gasteiger partial charge in [0, 0.05) is 41.8 Å². The largest absolute Gasteiger partial charge is 0.381 e. The molecule has 0 bridgehead atoms. The average molecular weight is 394 g/mol. The van der Waals surface area contributed by atoms with Gasteiger partial charge in [-0.05, 0) is 43.5 Å². The Kier molecular flexibility index (Phi) is 5.20. The number of Topliss-reactive ketones (excluding diaryl/α,β-unsaturated/α-hetero) is 1. The lowest BCUT2D eigenvalue weighted by molar-refractivity contribution is -0.117. The third-order valence-electron chi connectivity index (χ3n) is 5.80. The Morgan fingerprint density at radius 3 is 2.66 bits per heavy atom. The summed E-state index contributed by atoms with van der Waals surface area (Å²) in [5.41, 5.74) is 2.24. The molecule has 1 fully saturated rings. The van der Waals surface area contributed by atoms with Gasteiger partial charge in [-0.25, -0.2) is 4.39 Å². The standard InChI is InChI=1S/C23H23FN2O3/c1-15-20(18-7-2-3-8-19(18)26-15)21(27)22(28)25-14-23(9-11-29-12-10-23)16-5-4-6-17(24)13-16/h2-8,13,26H,9-12,14H2,1H3,(H,25,28). The highest BCUT2D eigenvalue weighted by Crippen LogP contribution is 2.34. The van der Waals surface area contributed by atoms with Crippen LogP contribution in [0.3, 0.4) is 0 Å². The van der Waals surface area contributed by atoms with Crippen LogP contribution < -0.4 is 5.32 Å². The molecule has 29 heavy (non-hydrogen) atoms. The van der Waals surface area contributed by atoms with Crippen LogP contribution in [0.2, 0.25) is 0 Å². The number of nitrogens with one attached hydrogen (secondary N) is 2. The van der Waals surface area contributed by atoms with Crippen LogP contribution in [-0.4, -0.2) is 36.4 Å². The molecule has 0 aliphatic carbocycles. The molecule has 3 aromatic rings. The van der Waals surface area contributed by atoms with E-state index < -0.39 is 17.1 Å². The molecule has 1 aliphatic heterocycles. The molecular weight excluding hydrogens is 371 g/mol. The monoisotopic (exact) mass is 394 g/mol. The van der Waals surface area contributed by atoms with Crippen LogP contribution >= 0.6 is 0 Å². The lowest BCUT2D eigenvalue weighted by Gasteiger charge is -2.37. The summed E-state index contributed by atoms with van der Waals surface area (Å²) in [5, 5.41) is 3.54. The third kappa shape index (κ3) is 3.68. The Hall–Kier alpha value is -2.99. The van der Waals surface area contributed by atoms with Crippen LogP contribution in [0, 0.1) is 12.7 Å². The third-order valence-corrected chi connectivity index (χ3v) is 5.80. The highest BCUT2D eigenvalue weighted by molar-refractivity contribution is 6.45. The molecule has 5 nitrogen and oxygen atoms in total. The van der Waals surface area contributed by atoms with Gasteiger partial charge in [-0.15, -0.1) is 0 Å². The SMILES string of the molecule is Cc1[nH]c2ccccc2c1C(=O)C(=O)NCC1(c2cccc(F)c2)CCOCC1. The number of rotatable bonds is 5. The molecule has 0 saturated carbocycles. The van der Waals surface area contributed by atoms with Crippen molar-refractivity contribution in [1.29, 1.82) is 0 Å². The van der Waals surface area contributed by atoms with Crippen molar-refractivity contribution in [2.45, 2.75) is 25.2 Å². The Morgan fingerprint density at radius 1 is 1.14 bits per heavy atom. The van der Waals surface area contributed by atoms with Gasteiger partial charge >= 0.3 is 0 Å². The minimum atomic E-state index is -0.653. The summed E-state index contributed by atoms with van der Waals surface area (Å²) in [6.07, 6.45) is 1.30. The van der Waals surface area contributed by atoms with Crippen molar-refractivity contribution in [2.24, 2.45) is 0 Å². The summed E-state index contributed by atoms with van der Waals surface area (Å²) >= 11 is 0. The first-order chi connectivity index (χ1) is 14.0. The Bertz CT molecular complexity index is 1070. The fourth-order valence-corrected chi connectivity index (χ4v) is 4.16. The van der Waals surface area contributed by atoms with E-state index >= 15 is 0 Å². The van der Waals surface area contributed by atoms with Crippen molar-refractivity contribution in [3.05, 3.63) is 71.2 Å². The number of carbonyl (C=O) groups excluding carboxylic acids is 2. The zero-order chi connectivity index (χ0) is 20.4. The van der Waals surface area contributed by atoms with Gasteiger partial charge in [0.05, 0.1) is 5.56 Å². The van der Waals surface area contributed by atoms with E-state index in [1.54, 1.807) is 13.0 Å². The fourth-order valence-electron chi connectivity index (χ4n) is 4.16. The summed E-state index contributed by atoms with van der Waals surface area (Å²) in [5.74, 6) is -1.54. The van der Waals surface area contributed by atoms with E-state index in [1.165, 1.54) is 12.1 Å². The van der Waals surface area contributed by atoms with Gasteiger partial charge in [0.25, 0.3) is 11.7 Å². The highest BCUT2D eigenvalue weighted by atomic mass is 19.1. The average Bonchev–Trinajstić information content (AvgIpc) is 3.07. The molecule has 0 unspecified atom stereocenters. The molecule has 0 radical (unpaired) electrons. The van der Waals surface area contributed by atoms with Crippen molar-refractivity contribution >= 4 is 22.6 Å². The van der Waals surface area contributed by atoms with E-state index in [0.717, 1.165) is 16.5 Å². The number of aryl methyl sites for hydroxylation is 1. The number of H-pyrrole nitrogens is 1. The maximum atomic E-state index is 13.8. The van der Waals surface area contributed by atoms with Crippen LogP contribution in [0.4, 0.5) is 4.39 Å². The molecule has 2 N–H and O–H groups in total. The van der Waals surface area contributed by atoms with Crippen LogP contribution in [0.1, 0.15) is 34.5 Å². The number of aromatic amines is 1. The highest BCUT2D eigenvalue weighted by Gasteiger charge is 2.36. The predicted molar refractivity (Wildman–Crippen MR) is 109 cm³/mol. The summed E-state index contributed by atoms with van der Waals surface area (Å²) in [6.45, 7) is 3.10. The smallest absolute Gasteiger partial charge is 0.292 e. The summed E-state index contributed by atoms with van der Waals surface area (Å²) in [7, 11) is 0. The Balaban J connectivity index is 1.57. The van der Waals surface area contributed by atoms with Crippen molar-refractivity contribution in [2.75, 3.05) is 19.8 Å². The molecule has 4 rings (SSSR count). The molecule has 2 heterocycles. The van der Waals surface area contributed by atoms with Gasteiger partial charge in [-0.1, -0.05) is 30.3 Å². The van der Waals surface area contributed by atoms with Crippen molar-refractivity contribution in [3.63, 3.8) is 0 Å². The second kappa shape index (κ2) is 7.79. The summed E-state index contributed by atoms with van der Waals surface area (Å²) in [4.78, 5) is 28.8. The maximum absolute atomic E-state index is 13.8. The van der Waals surface area contributed by atoms with E-state index in [0.29, 0.717) is 37.3 Å². The van der Waals surface area contributed by atoms with Gasteiger partial charge in [0.15, 0.2) is 0 Å². The molecule has 1 amide bonds. The van der Waals surface area contributed by atoms with E-state index in [4.69, 9.17) is 4.74 Å². The number of benzene rings is 2. The van der Waals surface area contributed by atoms with Crippen molar-refractivity contribution in [1.82, 2.24) is 10.3 Å². The van der Waals surface area contributed by atoms with Gasteiger partial charge in [0.1, 0.15) is 5.82 Å². The molecule has 1 aromatic heterocycles. The number of fused-ring (bicyclic) bond motifs is 1. The van der Waals surface area contributed by atoms with E-state index in [9.17, 15) is 14.0 Å². The number of ether oxygens (including phenoxy) is 1. The van der Waals surface area contributed by atoms with Crippen LogP contribution in [0.15, 0.2) is 48.5 Å². The number of halogens is 1. The molecular formula is C23H23FN2O3. The first-order valence-electron chi connectivity index (χ1n) is 9.74. The van der Waals surface area contributed by atoms with E-state index in [2.05, 4.69) is 10.3 Å². The topological polar surface area (TPSA) is 71.2 Å².